The van der Waals surface area contributed by atoms with Crippen LogP contribution in [-0.2, 0) is 0 Å². The highest BCUT2D eigenvalue weighted by molar-refractivity contribution is 5.10. The maximum atomic E-state index is 9.38. The summed E-state index contributed by atoms with van der Waals surface area (Å²) in [6, 6.07) is 0. The van der Waals surface area contributed by atoms with Gasteiger partial charge in [0.05, 0.1) is 6.10 Å². The molecule has 0 aliphatic heterocycles. The number of hydrogen-bond acceptors (Lipinski definition) is 1. The van der Waals surface area contributed by atoms with Crippen LogP contribution in [-0.4, -0.2) is 11.2 Å². The molecule has 1 aliphatic rings. The van der Waals surface area contributed by atoms with Crippen LogP contribution in [0.2, 0.25) is 0 Å². The fourth-order valence-corrected chi connectivity index (χ4v) is 1.51. The van der Waals surface area contributed by atoms with Gasteiger partial charge in [-0.1, -0.05) is 19.1 Å². The molecule has 10 heavy (non-hydrogen) atoms. The fourth-order valence-electron chi connectivity index (χ4n) is 1.51. The first-order valence-corrected chi connectivity index (χ1v) is 4.00. The zero-order chi connectivity index (χ0) is 7.72. The zero-order valence-corrected chi connectivity index (χ0v) is 6.80. The first-order chi connectivity index (χ1) is 4.66. The van der Waals surface area contributed by atoms with Crippen LogP contribution in [0.3, 0.4) is 0 Å². The quantitative estimate of drug-likeness (QED) is 0.594. The largest absolute Gasteiger partial charge is 0.393 e. The second-order valence-corrected chi connectivity index (χ2v) is 3.33. The van der Waals surface area contributed by atoms with Gasteiger partial charge in [0.15, 0.2) is 0 Å². The van der Waals surface area contributed by atoms with E-state index in [1.54, 1.807) is 0 Å². The predicted molar refractivity (Wildman–Crippen MR) is 42.7 cm³/mol. The van der Waals surface area contributed by atoms with Gasteiger partial charge in [0.25, 0.3) is 0 Å². The summed E-state index contributed by atoms with van der Waals surface area (Å²) in [6.45, 7) is 7.95. The van der Waals surface area contributed by atoms with E-state index >= 15 is 0 Å². The van der Waals surface area contributed by atoms with Crippen LogP contribution in [0.1, 0.15) is 26.7 Å². The van der Waals surface area contributed by atoms with E-state index in [1.807, 2.05) is 13.8 Å². The summed E-state index contributed by atoms with van der Waals surface area (Å²) in [4.78, 5) is 0. The van der Waals surface area contributed by atoms with Crippen molar-refractivity contribution in [2.75, 3.05) is 0 Å². The van der Waals surface area contributed by atoms with Crippen LogP contribution >= 0.6 is 0 Å². The molecule has 1 fully saturated rings. The smallest absolute Gasteiger partial charge is 0.0571 e. The third kappa shape index (κ3) is 1.40. The number of rotatable bonds is 3. The van der Waals surface area contributed by atoms with Gasteiger partial charge in [0, 0.05) is 0 Å². The molecule has 1 N–H and O–H groups in total. The van der Waals surface area contributed by atoms with Gasteiger partial charge in [-0.3, -0.25) is 0 Å². The van der Waals surface area contributed by atoms with E-state index in [0.29, 0.717) is 11.8 Å². The molecule has 1 aliphatic carbocycles. The van der Waals surface area contributed by atoms with E-state index < -0.39 is 0 Å². The second kappa shape index (κ2) is 2.75. The molecular formula is C9H16O. The standard InChI is InChI=1S/C9H16O/c1-4-9(10)8-5-7(8)6(2)3/h7-10H,2,4-5H2,1,3H3/t7-,8+,9+/m0/s1. The van der Waals surface area contributed by atoms with Crippen molar-refractivity contribution >= 4 is 0 Å². The molecule has 1 nitrogen and oxygen atoms in total. The lowest BCUT2D eigenvalue weighted by molar-refractivity contribution is 0.143. The Kier molecular flexibility index (Phi) is 2.14. The number of aliphatic hydroxyl groups excluding tert-OH is 1. The average molecular weight is 140 g/mol. The van der Waals surface area contributed by atoms with E-state index in [-0.39, 0.29) is 6.10 Å². The Labute approximate surface area is 62.8 Å². The maximum Gasteiger partial charge on any atom is 0.0571 e. The molecule has 0 spiro atoms. The number of hydrogen-bond donors (Lipinski definition) is 1. The molecular weight excluding hydrogens is 124 g/mol. The highest BCUT2D eigenvalue weighted by Crippen LogP contribution is 2.46. The highest BCUT2D eigenvalue weighted by atomic mass is 16.3. The summed E-state index contributed by atoms with van der Waals surface area (Å²) in [5, 5.41) is 9.38. The third-order valence-electron chi connectivity index (χ3n) is 2.39. The molecule has 0 unspecified atom stereocenters. The Morgan fingerprint density at radius 3 is 2.70 bits per heavy atom. The Morgan fingerprint density at radius 2 is 2.40 bits per heavy atom. The van der Waals surface area contributed by atoms with Crippen LogP contribution in [0.15, 0.2) is 12.2 Å². The molecule has 0 heterocycles. The molecule has 1 heteroatoms. The van der Waals surface area contributed by atoms with Gasteiger partial charge in [0.1, 0.15) is 0 Å². The predicted octanol–water partition coefficient (Wildman–Crippen LogP) is 1.97. The second-order valence-electron chi connectivity index (χ2n) is 3.33. The zero-order valence-electron chi connectivity index (χ0n) is 6.80. The first kappa shape index (κ1) is 7.80. The van der Waals surface area contributed by atoms with E-state index in [1.165, 1.54) is 5.57 Å². The molecule has 1 rings (SSSR count). The Balaban J connectivity index is 2.31. The summed E-state index contributed by atoms with van der Waals surface area (Å²) >= 11 is 0. The van der Waals surface area contributed by atoms with Crippen LogP contribution in [0.4, 0.5) is 0 Å². The SMILES string of the molecule is C=C(C)[C@@H]1C[C@H]1[C@H](O)CC. The average Bonchev–Trinajstić information content (AvgIpc) is 2.64. The van der Waals surface area contributed by atoms with Crippen LogP contribution in [0.25, 0.3) is 0 Å². The summed E-state index contributed by atoms with van der Waals surface area (Å²) in [5.41, 5.74) is 1.23. The number of allylic oxidation sites excluding steroid dienone is 1. The van der Waals surface area contributed by atoms with Crippen molar-refractivity contribution in [1.82, 2.24) is 0 Å². The minimum atomic E-state index is -0.0818. The molecule has 3 atom stereocenters. The lowest BCUT2D eigenvalue weighted by Gasteiger charge is -2.05. The molecule has 0 saturated heterocycles. The van der Waals surface area contributed by atoms with Crippen molar-refractivity contribution in [3.8, 4) is 0 Å². The molecule has 0 aromatic rings. The monoisotopic (exact) mass is 140 g/mol. The van der Waals surface area contributed by atoms with E-state index in [9.17, 15) is 5.11 Å². The van der Waals surface area contributed by atoms with E-state index in [0.717, 1.165) is 12.8 Å². The normalized spacial score (nSPS) is 33.5. The minimum absolute atomic E-state index is 0.0818. The molecule has 0 radical (unpaired) electrons. The Bertz CT molecular complexity index is 140. The molecule has 58 valence electrons. The molecule has 0 bridgehead atoms. The van der Waals surface area contributed by atoms with Gasteiger partial charge < -0.3 is 5.11 Å². The van der Waals surface area contributed by atoms with Gasteiger partial charge >= 0.3 is 0 Å². The fraction of sp³-hybridized carbons (Fsp3) is 0.778. The van der Waals surface area contributed by atoms with Crippen LogP contribution in [0, 0.1) is 11.8 Å². The third-order valence-corrected chi connectivity index (χ3v) is 2.39. The number of aliphatic hydroxyl groups is 1. The topological polar surface area (TPSA) is 20.2 Å². The highest BCUT2D eigenvalue weighted by Gasteiger charge is 2.41. The van der Waals surface area contributed by atoms with Gasteiger partial charge in [-0.2, -0.15) is 0 Å². The first-order valence-electron chi connectivity index (χ1n) is 4.00. The van der Waals surface area contributed by atoms with Crippen molar-refractivity contribution < 1.29 is 5.11 Å². The summed E-state index contributed by atoms with van der Waals surface area (Å²) < 4.78 is 0. The molecule has 0 amide bonds. The summed E-state index contributed by atoms with van der Waals surface area (Å²) in [7, 11) is 0. The Morgan fingerprint density at radius 1 is 1.80 bits per heavy atom. The molecule has 1 saturated carbocycles. The van der Waals surface area contributed by atoms with Crippen LogP contribution < -0.4 is 0 Å². The Hall–Kier alpha value is -0.300. The minimum Gasteiger partial charge on any atom is -0.393 e. The van der Waals surface area contributed by atoms with Crippen LogP contribution in [0.5, 0.6) is 0 Å². The van der Waals surface area contributed by atoms with Crippen molar-refractivity contribution in [2.45, 2.75) is 32.8 Å². The van der Waals surface area contributed by atoms with Crippen molar-refractivity contribution in [3.05, 3.63) is 12.2 Å². The maximum absolute atomic E-state index is 9.38. The van der Waals surface area contributed by atoms with Crippen molar-refractivity contribution in [2.24, 2.45) is 11.8 Å². The van der Waals surface area contributed by atoms with E-state index in [2.05, 4.69) is 6.58 Å². The molecule has 0 aromatic carbocycles. The van der Waals surface area contributed by atoms with Gasteiger partial charge in [0.2, 0.25) is 0 Å². The van der Waals surface area contributed by atoms with Crippen molar-refractivity contribution in [1.29, 1.82) is 0 Å². The van der Waals surface area contributed by atoms with Gasteiger partial charge in [-0.15, -0.1) is 0 Å². The summed E-state index contributed by atoms with van der Waals surface area (Å²) in [5.74, 6) is 1.15. The lowest BCUT2D eigenvalue weighted by Crippen LogP contribution is -2.08. The van der Waals surface area contributed by atoms with E-state index in [4.69, 9.17) is 0 Å². The van der Waals surface area contributed by atoms with Gasteiger partial charge in [-0.25, -0.2) is 0 Å². The summed E-state index contributed by atoms with van der Waals surface area (Å²) in [6.07, 6.45) is 1.96. The van der Waals surface area contributed by atoms with Gasteiger partial charge in [-0.05, 0) is 31.6 Å². The lowest BCUT2D eigenvalue weighted by atomic mass is 10.1. The molecule has 0 aromatic heterocycles. The van der Waals surface area contributed by atoms with Crippen molar-refractivity contribution in [3.63, 3.8) is 0 Å².